The molecule has 124 valence electrons. The summed E-state index contributed by atoms with van der Waals surface area (Å²) >= 11 is 0. The van der Waals surface area contributed by atoms with E-state index in [1.54, 1.807) is 7.11 Å². The van der Waals surface area contributed by atoms with Gasteiger partial charge in [-0.3, -0.25) is 4.90 Å². The van der Waals surface area contributed by atoms with Crippen LogP contribution in [0.1, 0.15) is 36.8 Å². The number of piperidine rings is 1. The molecular weight excluding hydrogens is 286 g/mol. The maximum atomic E-state index is 5.69. The number of H-pyrrole nitrogens is 1. The summed E-state index contributed by atoms with van der Waals surface area (Å²) in [4.78, 5) is 5.96. The third-order valence-corrected chi connectivity index (χ3v) is 5.86. The fourth-order valence-corrected chi connectivity index (χ4v) is 4.44. The van der Waals surface area contributed by atoms with Gasteiger partial charge < -0.3 is 15.0 Å². The first-order valence-electron chi connectivity index (χ1n) is 8.82. The molecule has 0 saturated carbocycles. The Morgan fingerprint density at radius 3 is 2.78 bits per heavy atom. The van der Waals surface area contributed by atoms with Crippen LogP contribution in [0.15, 0.2) is 18.3 Å². The molecule has 4 nitrogen and oxygen atoms in total. The number of benzene rings is 1. The lowest BCUT2D eigenvalue weighted by Crippen LogP contribution is -2.49. The first-order valence-corrected chi connectivity index (χ1v) is 8.82. The minimum atomic E-state index is 0.442. The second-order valence-electron chi connectivity index (χ2n) is 7.23. The van der Waals surface area contributed by atoms with Crippen molar-refractivity contribution in [2.45, 2.75) is 44.7 Å². The number of nitrogens with zero attached hydrogens (tertiary/aromatic N) is 1. The predicted molar refractivity (Wildman–Crippen MR) is 94.1 cm³/mol. The van der Waals surface area contributed by atoms with Crippen molar-refractivity contribution in [3.05, 3.63) is 29.5 Å². The van der Waals surface area contributed by atoms with Crippen LogP contribution >= 0.6 is 0 Å². The maximum absolute atomic E-state index is 5.69. The zero-order chi connectivity index (χ0) is 15.9. The van der Waals surface area contributed by atoms with Crippen LogP contribution < -0.4 is 10.1 Å². The van der Waals surface area contributed by atoms with Crippen LogP contribution in [0.5, 0.6) is 5.75 Å². The van der Waals surface area contributed by atoms with Crippen LogP contribution in [0.3, 0.4) is 0 Å². The highest BCUT2D eigenvalue weighted by Gasteiger charge is 2.36. The molecule has 1 aromatic heterocycles. The van der Waals surface area contributed by atoms with Gasteiger partial charge in [-0.15, -0.1) is 0 Å². The minimum absolute atomic E-state index is 0.442. The molecule has 1 spiro atoms. The number of likely N-dealkylation sites (tertiary alicyclic amines) is 1. The van der Waals surface area contributed by atoms with Gasteiger partial charge >= 0.3 is 0 Å². The first kappa shape index (κ1) is 15.0. The SMILES string of the molecule is COc1cc(C)c2[nH]ccc2c1CN1CCC2(CCCN2)CC1. The average molecular weight is 313 g/mol. The summed E-state index contributed by atoms with van der Waals surface area (Å²) in [5.74, 6) is 1.02. The van der Waals surface area contributed by atoms with E-state index in [-0.39, 0.29) is 0 Å². The Kier molecular flexibility index (Phi) is 3.82. The largest absolute Gasteiger partial charge is 0.496 e. The van der Waals surface area contributed by atoms with E-state index in [1.165, 1.54) is 67.3 Å². The number of aryl methyl sites for hydroxylation is 1. The van der Waals surface area contributed by atoms with Gasteiger partial charge in [-0.05, 0) is 56.8 Å². The molecule has 2 N–H and O–H groups in total. The van der Waals surface area contributed by atoms with E-state index < -0.39 is 0 Å². The Hall–Kier alpha value is -1.52. The van der Waals surface area contributed by atoms with Crippen LogP contribution in [-0.4, -0.2) is 42.2 Å². The fraction of sp³-hybridized carbons (Fsp3) is 0.579. The number of hydrogen-bond acceptors (Lipinski definition) is 3. The predicted octanol–water partition coefficient (Wildman–Crippen LogP) is 3.20. The lowest BCUT2D eigenvalue weighted by atomic mass is 9.86. The molecule has 0 atom stereocenters. The summed E-state index contributed by atoms with van der Waals surface area (Å²) in [5.41, 5.74) is 4.26. The second-order valence-corrected chi connectivity index (χ2v) is 7.23. The maximum Gasteiger partial charge on any atom is 0.124 e. The number of aromatic amines is 1. The summed E-state index contributed by atoms with van der Waals surface area (Å²) in [6, 6.07) is 4.35. The van der Waals surface area contributed by atoms with E-state index in [0.717, 1.165) is 12.3 Å². The van der Waals surface area contributed by atoms with Gasteiger partial charge in [0, 0.05) is 47.8 Å². The first-order chi connectivity index (χ1) is 11.2. The third kappa shape index (κ3) is 2.64. The van der Waals surface area contributed by atoms with E-state index >= 15 is 0 Å². The molecule has 0 unspecified atom stereocenters. The zero-order valence-corrected chi connectivity index (χ0v) is 14.2. The van der Waals surface area contributed by atoms with Crippen molar-refractivity contribution < 1.29 is 4.74 Å². The van der Waals surface area contributed by atoms with Gasteiger partial charge in [0.2, 0.25) is 0 Å². The monoisotopic (exact) mass is 313 g/mol. The van der Waals surface area contributed by atoms with Gasteiger partial charge in [0.05, 0.1) is 7.11 Å². The Morgan fingerprint density at radius 1 is 1.26 bits per heavy atom. The molecule has 3 heterocycles. The summed E-state index contributed by atoms with van der Waals surface area (Å²) in [5, 5.41) is 5.06. The fourth-order valence-electron chi connectivity index (χ4n) is 4.44. The van der Waals surface area contributed by atoms with Crippen LogP contribution in [-0.2, 0) is 6.54 Å². The molecule has 2 aromatic rings. The molecule has 4 heteroatoms. The summed E-state index contributed by atoms with van der Waals surface area (Å²) in [6.45, 7) is 6.68. The Bertz CT molecular complexity index is 690. The van der Waals surface area contributed by atoms with Gasteiger partial charge in [-0.25, -0.2) is 0 Å². The van der Waals surface area contributed by atoms with Gasteiger partial charge in [0.15, 0.2) is 0 Å². The van der Waals surface area contributed by atoms with Crippen molar-refractivity contribution in [1.29, 1.82) is 0 Å². The highest BCUT2D eigenvalue weighted by molar-refractivity contribution is 5.88. The molecule has 0 radical (unpaired) electrons. The number of fused-ring (bicyclic) bond motifs is 1. The van der Waals surface area contributed by atoms with Crippen LogP contribution in [0, 0.1) is 6.92 Å². The third-order valence-electron chi connectivity index (χ3n) is 5.86. The van der Waals surface area contributed by atoms with E-state index in [0.29, 0.717) is 5.54 Å². The lowest BCUT2D eigenvalue weighted by molar-refractivity contribution is 0.142. The lowest BCUT2D eigenvalue weighted by Gasteiger charge is -2.39. The smallest absolute Gasteiger partial charge is 0.124 e. The number of aromatic nitrogens is 1. The van der Waals surface area contributed by atoms with Crippen molar-refractivity contribution in [2.24, 2.45) is 0 Å². The van der Waals surface area contributed by atoms with E-state index in [4.69, 9.17) is 4.74 Å². The molecule has 2 aliphatic heterocycles. The highest BCUT2D eigenvalue weighted by atomic mass is 16.5. The molecule has 4 rings (SSSR count). The molecule has 2 aliphatic rings. The number of hydrogen-bond donors (Lipinski definition) is 2. The molecule has 0 aliphatic carbocycles. The zero-order valence-electron chi connectivity index (χ0n) is 14.2. The average Bonchev–Trinajstić information content (AvgIpc) is 3.22. The molecule has 2 fully saturated rings. The van der Waals surface area contributed by atoms with E-state index in [2.05, 4.69) is 34.3 Å². The number of nitrogens with one attached hydrogen (secondary N) is 2. The normalized spacial score (nSPS) is 21.3. The minimum Gasteiger partial charge on any atom is -0.496 e. The van der Waals surface area contributed by atoms with E-state index in [9.17, 15) is 0 Å². The molecule has 23 heavy (non-hydrogen) atoms. The van der Waals surface area contributed by atoms with E-state index in [1.807, 2.05) is 6.20 Å². The van der Waals surface area contributed by atoms with Crippen molar-refractivity contribution >= 4 is 10.9 Å². The highest BCUT2D eigenvalue weighted by Crippen LogP contribution is 2.35. The summed E-state index contributed by atoms with van der Waals surface area (Å²) in [6.07, 6.45) is 7.29. The van der Waals surface area contributed by atoms with Gasteiger partial charge in [-0.2, -0.15) is 0 Å². The number of methoxy groups -OCH3 is 1. The van der Waals surface area contributed by atoms with Crippen LogP contribution in [0.4, 0.5) is 0 Å². The molecule has 1 aromatic carbocycles. The van der Waals surface area contributed by atoms with Crippen molar-refractivity contribution in [1.82, 2.24) is 15.2 Å². The standard InChI is InChI=1S/C19H27N3O/c1-14-12-17(23-2)16(15-4-9-20-18(14)15)13-22-10-6-19(7-11-22)5-3-8-21-19/h4,9,12,20-21H,3,5-8,10-11,13H2,1-2H3. The Labute approximate surface area is 138 Å². The number of ether oxygens (including phenoxy) is 1. The molecule has 0 bridgehead atoms. The Balaban J connectivity index is 1.56. The van der Waals surface area contributed by atoms with Crippen LogP contribution in [0.2, 0.25) is 0 Å². The topological polar surface area (TPSA) is 40.3 Å². The van der Waals surface area contributed by atoms with Crippen molar-refractivity contribution in [3.8, 4) is 5.75 Å². The summed E-state index contributed by atoms with van der Waals surface area (Å²) < 4.78 is 5.69. The van der Waals surface area contributed by atoms with Gasteiger partial charge in [-0.1, -0.05) is 0 Å². The molecule has 2 saturated heterocycles. The van der Waals surface area contributed by atoms with Crippen molar-refractivity contribution in [3.63, 3.8) is 0 Å². The van der Waals surface area contributed by atoms with Crippen LogP contribution in [0.25, 0.3) is 10.9 Å². The second kappa shape index (κ2) is 5.84. The quantitative estimate of drug-likeness (QED) is 0.914. The van der Waals surface area contributed by atoms with Crippen molar-refractivity contribution in [2.75, 3.05) is 26.7 Å². The molecular formula is C19H27N3O. The van der Waals surface area contributed by atoms with Gasteiger partial charge in [0.1, 0.15) is 5.75 Å². The molecule has 0 amide bonds. The Morgan fingerprint density at radius 2 is 2.09 bits per heavy atom. The number of rotatable bonds is 3. The summed E-state index contributed by atoms with van der Waals surface area (Å²) in [7, 11) is 1.78. The van der Waals surface area contributed by atoms with Gasteiger partial charge in [0.25, 0.3) is 0 Å².